The van der Waals surface area contributed by atoms with E-state index in [1.54, 1.807) is 41.9 Å². The summed E-state index contributed by atoms with van der Waals surface area (Å²) in [7, 11) is 0. The molecule has 0 unspecified atom stereocenters. The number of phenols is 1. The van der Waals surface area contributed by atoms with Gasteiger partial charge < -0.3 is 5.11 Å². The monoisotopic (exact) mass is 342 g/mol. The highest BCUT2D eigenvalue weighted by Crippen LogP contribution is 2.38. The van der Waals surface area contributed by atoms with Crippen molar-refractivity contribution in [2.45, 2.75) is 16.1 Å². The van der Waals surface area contributed by atoms with Crippen molar-refractivity contribution in [3.63, 3.8) is 0 Å². The van der Waals surface area contributed by atoms with Crippen molar-refractivity contribution in [2.24, 2.45) is 0 Å². The van der Waals surface area contributed by atoms with Crippen LogP contribution in [0, 0.1) is 0 Å². The number of aromatic hydroxyl groups is 1. The van der Waals surface area contributed by atoms with E-state index in [4.69, 9.17) is 0 Å². The second-order valence-electron chi connectivity index (χ2n) is 5.19. The molecule has 1 atom stereocenters. The van der Waals surface area contributed by atoms with Crippen LogP contribution in [0.5, 0.6) is 5.75 Å². The van der Waals surface area contributed by atoms with Gasteiger partial charge in [0.15, 0.2) is 11.0 Å². The number of phenolic OH excluding ortho intramolecular Hbond substituents is 1. The molecular formula is C16H14N4OS2. The number of pyridine rings is 1. The van der Waals surface area contributed by atoms with Gasteiger partial charge in [-0.3, -0.25) is 9.55 Å². The SMILES string of the molecule is Oc1ccc(SC[C@@H]2CSc3nnc(-c4cccnc4)n32)cc1. The minimum Gasteiger partial charge on any atom is -0.508 e. The van der Waals surface area contributed by atoms with E-state index in [1.165, 1.54) is 0 Å². The van der Waals surface area contributed by atoms with Gasteiger partial charge in [0.2, 0.25) is 0 Å². The van der Waals surface area contributed by atoms with Crippen molar-refractivity contribution < 1.29 is 5.11 Å². The van der Waals surface area contributed by atoms with Crippen LogP contribution in [0.1, 0.15) is 6.04 Å². The molecule has 23 heavy (non-hydrogen) atoms. The summed E-state index contributed by atoms with van der Waals surface area (Å²) in [5.41, 5.74) is 0.994. The van der Waals surface area contributed by atoms with Gasteiger partial charge in [0, 0.05) is 34.4 Å². The Morgan fingerprint density at radius 2 is 2.09 bits per heavy atom. The maximum atomic E-state index is 9.36. The summed E-state index contributed by atoms with van der Waals surface area (Å²) < 4.78 is 2.22. The van der Waals surface area contributed by atoms with Crippen molar-refractivity contribution in [1.82, 2.24) is 19.7 Å². The van der Waals surface area contributed by atoms with E-state index in [9.17, 15) is 5.11 Å². The van der Waals surface area contributed by atoms with E-state index in [0.29, 0.717) is 11.8 Å². The Balaban J connectivity index is 1.55. The highest BCUT2D eigenvalue weighted by Gasteiger charge is 2.28. The van der Waals surface area contributed by atoms with E-state index in [1.807, 2.05) is 30.5 Å². The number of benzene rings is 1. The molecule has 1 aromatic carbocycles. The van der Waals surface area contributed by atoms with Crippen LogP contribution in [0.15, 0.2) is 58.8 Å². The van der Waals surface area contributed by atoms with Gasteiger partial charge in [-0.05, 0) is 36.4 Å². The molecule has 0 bridgehead atoms. The van der Waals surface area contributed by atoms with Crippen molar-refractivity contribution in [1.29, 1.82) is 0 Å². The summed E-state index contributed by atoms with van der Waals surface area (Å²) in [4.78, 5) is 5.33. The molecular weight excluding hydrogens is 328 g/mol. The van der Waals surface area contributed by atoms with E-state index >= 15 is 0 Å². The lowest BCUT2D eigenvalue weighted by Crippen LogP contribution is -2.11. The predicted molar refractivity (Wildman–Crippen MR) is 91.8 cm³/mol. The van der Waals surface area contributed by atoms with Crippen molar-refractivity contribution in [2.75, 3.05) is 11.5 Å². The lowest BCUT2D eigenvalue weighted by atomic mass is 10.2. The third-order valence-corrected chi connectivity index (χ3v) is 5.88. The van der Waals surface area contributed by atoms with Crippen LogP contribution in [-0.4, -0.2) is 36.4 Å². The molecule has 0 fully saturated rings. The predicted octanol–water partition coefficient (Wildman–Crippen LogP) is 3.48. The number of hydrogen-bond donors (Lipinski definition) is 1. The molecule has 116 valence electrons. The van der Waals surface area contributed by atoms with E-state index in [2.05, 4.69) is 19.7 Å². The molecule has 3 aromatic rings. The Bertz CT molecular complexity index is 805. The van der Waals surface area contributed by atoms with Crippen molar-refractivity contribution in [3.8, 4) is 17.1 Å². The third kappa shape index (κ3) is 2.94. The standard InChI is InChI=1S/C16H14N4OS2/c21-13-3-5-14(6-4-13)22-9-12-10-23-16-19-18-15(20(12)16)11-2-1-7-17-8-11/h1-8,12,21H,9-10H2/t12-/m1/s1. The zero-order chi connectivity index (χ0) is 15.6. The zero-order valence-corrected chi connectivity index (χ0v) is 13.8. The fourth-order valence-electron chi connectivity index (χ4n) is 2.50. The van der Waals surface area contributed by atoms with Crippen LogP contribution in [0.25, 0.3) is 11.4 Å². The van der Waals surface area contributed by atoms with Crippen LogP contribution in [-0.2, 0) is 0 Å². The minimum atomic E-state index is 0.297. The van der Waals surface area contributed by atoms with Gasteiger partial charge in [-0.1, -0.05) is 11.8 Å². The molecule has 0 amide bonds. The second kappa shape index (κ2) is 6.25. The Hall–Kier alpha value is -1.99. The number of rotatable bonds is 4. The van der Waals surface area contributed by atoms with Gasteiger partial charge in [0.05, 0.1) is 6.04 Å². The number of thioether (sulfide) groups is 2. The molecule has 4 rings (SSSR count). The molecule has 0 radical (unpaired) electrons. The highest BCUT2D eigenvalue weighted by atomic mass is 32.2. The summed E-state index contributed by atoms with van der Waals surface area (Å²) in [6.45, 7) is 0. The Morgan fingerprint density at radius 1 is 1.22 bits per heavy atom. The first-order valence-electron chi connectivity index (χ1n) is 7.21. The van der Waals surface area contributed by atoms with Gasteiger partial charge in [-0.15, -0.1) is 22.0 Å². The number of aromatic nitrogens is 4. The summed E-state index contributed by atoms with van der Waals surface area (Å²) in [5, 5.41) is 19.0. The normalized spacial score (nSPS) is 16.4. The molecule has 7 heteroatoms. The van der Waals surface area contributed by atoms with Gasteiger partial charge in [-0.25, -0.2) is 0 Å². The number of nitrogens with zero attached hydrogens (tertiary/aromatic N) is 4. The first-order valence-corrected chi connectivity index (χ1v) is 9.18. The molecule has 0 saturated heterocycles. The Kier molecular flexibility index (Phi) is 3.97. The van der Waals surface area contributed by atoms with Crippen LogP contribution in [0.3, 0.4) is 0 Å². The van der Waals surface area contributed by atoms with Gasteiger partial charge >= 0.3 is 0 Å². The molecule has 1 aliphatic heterocycles. The second-order valence-corrected chi connectivity index (χ2v) is 7.27. The van der Waals surface area contributed by atoms with Crippen LogP contribution in [0.2, 0.25) is 0 Å². The summed E-state index contributed by atoms with van der Waals surface area (Å²) >= 11 is 3.53. The van der Waals surface area contributed by atoms with Crippen LogP contribution < -0.4 is 0 Å². The maximum absolute atomic E-state index is 9.36. The van der Waals surface area contributed by atoms with E-state index in [-0.39, 0.29) is 0 Å². The summed E-state index contributed by atoms with van der Waals surface area (Å²) in [6, 6.07) is 11.6. The first-order chi connectivity index (χ1) is 11.3. The molecule has 3 heterocycles. The summed E-state index contributed by atoms with van der Waals surface area (Å²) in [6.07, 6.45) is 3.59. The van der Waals surface area contributed by atoms with Crippen LogP contribution in [0.4, 0.5) is 0 Å². The fraction of sp³-hybridized carbons (Fsp3) is 0.188. The molecule has 2 aromatic heterocycles. The minimum absolute atomic E-state index is 0.297. The lowest BCUT2D eigenvalue weighted by Gasteiger charge is -2.14. The molecule has 0 aliphatic carbocycles. The zero-order valence-electron chi connectivity index (χ0n) is 12.2. The highest BCUT2D eigenvalue weighted by molar-refractivity contribution is 8.00. The summed E-state index contributed by atoms with van der Waals surface area (Å²) in [5.74, 6) is 3.12. The van der Waals surface area contributed by atoms with Crippen LogP contribution >= 0.6 is 23.5 Å². The van der Waals surface area contributed by atoms with E-state index in [0.717, 1.165) is 32.9 Å². The number of hydrogen-bond acceptors (Lipinski definition) is 6. The molecule has 1 aliphatic rings. The third-order valence-electron chi connectivity index (χ3n) is 3.63. The van der Waals surface area contributed by atoms with E-state index < -0.39 is 0 Å². The Morgan fingerprint density at radius 3 is 2.87 bits per heavy atom. The topological polar surface area (TPSA) is 63.8 Å². The van der Waals surface area contributed by atoms with Gasteiger partial charge in [0.1, 0.15) is 5.75 Å². The van der Waals surface area contributed by atoms with Gasteiger partial charge in [-0.2, -0.15) is 0 Å². The first kappa shape index (κ1) is 14.6. The maximum Gasteiger partial charge on any atom is 0.191 e. The Labute approximate surface area is 142 Å². The average molecular weight is 342 g/mol. The quantitative estimate of drug-likeness (QED) is 0.732. The lowest BCUT2D eigenvalue weighted by molar-refractivity contribution is 0.475. The molecule has 0 saturated carbocycles. The fourth-order valence-corrected chi connectivity index (χ4v) is 4.71. The largest absolute Gasteiger partial charge is 0.508 e. The van der Waals surface area contributed by atoms with Crippen molar-refractivity contribution in [3.05, 3.63) is 48.8 Å². The average Bonchev–Trinajstić information content (AvgIpc) is 3.17. The number of fused-ring (bicyclic) bond motifs is 1. The molecule has 1 N–H and O–H groups in total. The van der Waals surface area contributed by atoms with Gasteiger partial charge in [0.25, 0.3) is 0 Å². The molecule has 0 spiro atoms. The molecule has 5 nitrogen and oxygen atoms in total. The van der Waals surface area contributed by atoms with Crippen molar-refractivity contribution >= 4 is 23.5 Å². The smallest absolute Gasteiger partial charge is 0.191 e.